The van der Waals surface area contributed by atoms with E-state index in [4.69, 9.17) is 21.0 Å². The Morgan fingerprint density at radius 2 is 1.94 bits per heavy atom. The van der Waals surface area contributed by atoms with Crippen LogP contribution in [0.25, 0.3) is 10.9 Å². The minimum atomic E-state index is -0.0474. The van der Waals surface area contributed by atoms with Gasteiger partial charge >= 0.3 is 0 Å². The summed E-state index contributed by atoms with van der Waals surface area (Å²) in [4.78, 5) is 24.4. The number of benzene rings is 2. The SMILES string of the molecule is CCc1nc(N(CCC(=O)NCc2ccco2)[C@@H](C)c2ccccc2)c2ccc(Cl)cc2n1. The number of nitrogens with zero attached hydrogens (tertiary/aromatic N) is 3. The first kappa shape index (κ1) is 22.8. The van der Waals surface area contributed by atoms with Crippen molar-refractivity contribution >= 4 is 34.2 Å². The van der Waals surface area contributed by atoms with Gasteiger partial charge in [-0.05, 0) is 42.8 Å². The summed E-state index contributed by atoms with van der Waals surface area (Å²) >= 11 is 6.25. The van der Waals surface area contributed by atoms with Gasteiger partial charge in [0.05, 0.1) is 24.4 Å². The number of hydrogen-bond acceptors (Lipinski definition) is 5. The number of aryl methyl sites for hydroxylation is 1. The number of rotatable bonds is 9. The van der Waals surface area contributed by atoms with Crippen LogP contribution in [0.15, 0.2) is 71.3 Å². The van der Waals surface area contributed by atoms with Gasteiger partial charge in [0.25, 0.3) is 0 Å². The fourth-order valence-electron chi connectivity index (χ4n) is 3.81. The van der Waals surface area contributed by atoms with E-state index in [1.165, 1.54) is 0 Å². The standard InChI is InChI=1S/C26H27ClN4O2/c1-3-24-29-23-16-20(27)11-12-22(23)26(30-24)31(18(2)19-8-5-4-6-9-19)14-13-25(32)28-17-21-10-7-15-33-21/h4-12,15-16,18H,3,13-14,17H2,1-2H3,(H,28,32)/t18-/m0/s1. The van der Waals surface area contributed by atoms with E-state index in [1.54, 1.807) is 6.26 Å². The summed E-state index contributed by atoms with van der Waals surface area (Å²) in [7, 11) is 0. The van der Waals surface area contributed by atoms with Crippen LogP contribution in [0.1, 0.15) is 43.5 Å². The van der Waals surface area contributed by atoms with Crippen molar-refractivity contribution in [3.63, 3.8) is 0 Å². The lowest BCUT2D eigenvalue weighted by Gasteiger charge is -2.31. The third-order valence-electron chi connectivity index (χ3n) is 5.64. The van der Waals surface area contributed by atoms with E-state index in [-0.39, 0.29) is 11.9 Å². The van der Waals surface area contributed by atoms with Crippen molar-refractivity contribution in [2.45, 2.75) is 39.3 Å². The lowest BCUT2D eigenvalue weighted by atomic mass is 10.1. The Kier molecular flexibility index (Phi) is 7.25. The number of carbonyl (C=O) groups is 1. The number of halogens is 1. The molecule has 0 saturated carbocycles. The highest BCUT2D eigenvalue weighted by molar-refractivity contribution is 6.31. The second-order valence-corrected chi connectivity index (χ2v) is 8.30. The van der Waals surface area contributed by atoms with Crippen molar-refractivity contribution in [3.05, 3.63) is 89.1 Å². The number of furan rings is 1. The molecule has 2 heterocycles. The zero-order chi connectivity index (χ0) is 23.2. The van der Waals surface area contributed by atoms with E-state index >= 15 is 0 Å². The molecule has 6 nitrogen and oxygen atoms in total. The Labute approximate surface area is 198 Å². The third-order valence-corrected chi connectivity index (χ3v) is 5.88. The van der Waals surface area contributed by atoms with Gasteiger partial charge in [0, 0.05) is 29.8 Å². The van der Waals surface area contributed by atoms with Crippen molar-refractivity contribution in [2.75, 3.05) is 11.4 Å². The summed E-state index contributed by atoms with van der Waals surface area (Å²) < 4.78 is 5.31. The largest absolute Gasteiger partial charge is 0.467 e. The van der Waals surface area contributed by atoms with E-state index in [2.05, 4.69) is 34.3 Å². The van der Waals surface area contributed by atoms with Gasteiger partial charge in [-0.2, -0.15) is 0 Å². The van der Waals surface area contributed by atoms with Crippen molar-refractivity contribution < 1.29 is 9.21 Å². The number of carbonyl (C=O) groups excluding carboxylic acids is 1. The quantitative estimate of drug-likeness (QED) is 0.345. The Hall–Kier alpha value is -3.38. The van der Waals surface area contributed by atoms with Crippen LogP contribution in [-0.4, -0.2) is 22.4 Å². The zero-order valence-corrected chi connectivity index (χ0v) is 19.5. The van der Waals surface area contributed by atoms with Gasteiger partial charge < -0.3 is 14.6 Å². The van der Waals surface area contributed by atoms with Crippen LogP contribution in [0.2, 0.25) is 5.02 Å². The van der Waals surface area contributed by atoms with Gasteiger partial charge in [0.1, 0.15) is 17.4 Å². The molecule has 170 valence electrons. The number of hydrogen-bond donors (Lipinski definition) is 1. The molecule has 7 heteroatoms. The summed E-state index contributed by atoms with van der Waals surface area (Å²) in [5.41, 5.74) is 1.95. The smallest absolute Gasteiger partial charge is 0.222 e. The van der Waals surface area contributed by atoms with Crippen molar-refractivity contribution in [3.8, 4) is 0 Å². The minimum absolute atomic E-state index is 0.00237. The summed E-state index contributed by atoms with van der Waals surface area (Å²) in [6, 6.07) is 19.6. The number of amides is 1. The van der Waals surface area contributed by atoms with Crippen LogP contribution in [0.3, 0.4) is 0 Å². The van der Waals surface area contributed by atoms with Crippen molar-refractivity contribution in [1.29, 1.82) is 0 Å². The molecule has 33 heavy (non-hydrogen) atoms. The van der Waals surface area contributed by atoms with Crippen LogP contribution in [0, 0.1) is 0 Å². The van der Waals surface area contributed by atoms with Gasteiger partial charge in [0.15, 0.2) is 0 Å². The van der Waals surface area contributed by atoms with Crippen LogP contribution in [0.4, 0.5) is 5.82 Å². The number of fused-ring (bicyclic) bond motifs is 1. The average molecular weight is 463 g/mol. The number of aromatic nitrogens is 2. The highest BCUT2D eigenvalue weighted by atomic mass is 35.5. The van der Waals surface area contributed by atoms with E-state index in [1.807, 2.05) is 55.5 Å². The van der Waals surface area contributed by atoms with Crippen molar-refractivity contribution in [2.24, 2.45) is 0 Å². The first-order chi connectivity index (χ1) is 16.0. The van der Waals surface area contributed by atoms with Crippen LogP contribution >= 0.6 is 11.6 Å². The second-order valence-electron chi connectivity index (χ2n) is 7.86. The molecule has 2 aromatic heterocycles. The van der Waals surface area contributed by atoms with Crippen molar-refractivity contribution in [1.82, 2.24) is 15.3 Å². The van der Waals surface area contributed by atoms with Gasteiger partial charge in [-0.25, -0.2) is 9.97 Å². The van der Waals surface area contributed by atoms with E-state index < -0.39 is 0 Å². The first-order valence-electron chi connectivity index (χ1n) is 11.1. The molecule has 4 aromatic rings. The van der Waals surface area contributed by atoms with E-state index in [0.29, 0.717) is 31.0 Å². The minimum Gasteiger partial charge on any atom is -0.467 e. The molecule has 0 unspecified atom stereocenters. The molecule has 1 atom stereocenters. The maximum atomic E-state index is 12.6. The molecule has 0 spiro atoms. The topological polar surface area (TPSA) is 71.3 Å². The first-order valence-corrected chi connectivity index (χ1v) is 11.5. The fourth-order valence-corrected chi connectivity index (χ4v) is 3.98. The molecule has 0 fully saturated rings. The lowest BCUT2D eigenvalue weighted by molar-refractivity contribution is -0.121. The zero-order valence-electron chi connectivity index (χ0n) is 18.8. The molecule has 0 aliphatic rings. The normalized spacial score (nSPS) is 12.0. The molecule has 0 bridgehead atoms. The predicted molar refractivity (Wildman–Crippen MR) is 131 cm³/mol. The molecule has 1 amide bonds. The summed E-state index contributed by atoms with van der Waals surface area (Å²) in [6.45, 7) is 5.03. The van der Waals surface area contributed by atoms with Crippen LogP contribution in [-0.2, 0) is 17.8 Å². The van der Waals surface area contributed by atoms with Gasteiger partial charge in [-0.15, -0.1) is 0 Å². The summed E-state index contributed by atoms with van der Waals surface area (Å²) in [6.07, 6.45) is 2.62. The van der Waals surface area contributed by atoms with Gasteiger partial charge in [-0.1, -0.05) is 48.9 Å². The summed E-state index contributed by atoms with van der Waals surface area (Å²) in [5, 5.41) is 4.47. The number of anilines is 1. The fraction of sp³-hybridized carbons (Fsp3) is 0.269. The maximum Gasteiger partial charge on any atom is 0.222 e. The predicted octanol–water partition coefficient (Wildman–Crippen LogP) is 5.71. The molecule has 0 saturated heterocycles. The highest BCUT2D eigenvalue weighted by Gasteiger charge is 2.22. The number of nitrogens with one attached hydrogen (secondary N) is 1. The Balaban J connectivity index is 1.65. The highest BCUT2D eigenvalue weighted by Crippen LogP contribution is 2.32. The van der Waals surface area contributed by atoms with E-state index in [9.17, 15) is 4.79 Å². The second kappa shape index (κ2) is 10.5. The van der Waals surface area contributed by atoms with Gasteiger partial charge in [-0.3, -0.25) is 4.79 Å². The molecule has 0 aliphatic carbocycles. The third kappa shape index (κ3) is 5.52. The molecular formula is C26H27ClN4O2. The molecule has 2 aromatic carbocycles. The molecular weight excluding hydrogens is 436 g/mol. The van der Waals surface area contributed by atoms with Crippen LogP contribution < -0.4 is 10.2 Å². The summed E-state index contributed by atoms with van der Waals surface area (Å²) in [5.74, 6) is 2.23. The molecule has 4 rings (SSSR count). The Morgan fingerprint density at radius 1 is 1.12 bits per heavy atom. The van der Waals surface area contributed by atoms with Gasteiger partial charge in [0.2, 0.25) is 5.91 Å². The molecule has 0 aliphatic heterocycles. The average Bonchev–Trinajstić information content (AvgIpc) is 3.36. The monoisotopic (exact) mass is 462 g/mol. The molecule has 1 N–H and O–H groups in total. The maximum absolute atomic E-state index is 12.6. The van der Waals surface area contributed by atoms with Crippen LogP contribution in [0.5, 0.6) is 0 Å². The Morgan fingerprint density at radius 3 is 2.67 bits per heavy atom. The lowest BCUT2D eigenvalue weighted by Crippen LogP contribution is -2.33. The molecule has 0 radical (unpaired) electrons. The van der Waals surface area contributed by atoms with E-state index in [0.717, 1.165) is 33.9 Å². The Bertz CT molecular complexity index is 1210.